The zero-order valence-corrected chi connectivity index (χ0v) is 13.9. The first-order valence-corrected chi connectivity index (χ1v) is 10.0. The molecule has 0 aliphatic carbocycles. The van der Waals surface area contributed by atoms with E-state index in [2.05, 4.69) is 24.2 Å². The number of piperazine rings is 1. The fourth-order valence-corrected chi connectivity index (χ4v) is 6.59. The predicted molar refractivity (Wildman–Crippen MR) is 82.8 cm³/mol. The first-order valence-electron chi connectivity index (χ1n) is 6.65. The molecule has 112 valence electrons. The van der Waals surface area contributed by atoms with Gasteiger partial charge in [-0.25, -0.2) is 13.6 Å². The van der Waals surface area contributed by atoms with E-state index in [1.54, 1.807) is 17.8 Å². The van der Waals surface area contributed by atoms with Crippen molar-refractivity contribution in [1.82, 2.24) is 10.2 Å². The Balaban J connectivity index is 1.99. The Morgan fingerprint density at radius 2 is 2.30 bits per heavy atom. The van der Waals surface area contributed by atoms with Gasteiger partial charge < -0.3 is 5.32 Å². The van der Waals surface area contributed by atoms with Gasteiger partial charge in [0, 0.05) is 24.4 Å². The minimum atomic E-state index is -3.60. The molecule has 1 fully saturated rings. The zero-order chi connectivity index (χ0) is 14.5. The molecule has 0 saturated carbocycles. The number of likely N-dealkylation sites (N-methyl/N-ethyl adjacent to an activating group) is 1. The van der Waals surface area contributed by atoms with Crippen LogP contribution in [0.2, 0.25) is 0 Å². The van der Waals surface area contributed by atoms with Crippen molar-refractivity contribution < 1.29 is 8.42 Å². The highest BCUT2D eigenvalue weighted by atomic mass is 32.3. The molecule has 20 heavy (non-hydrogen) atoms. The molecule has 0 aromatic carbocycles. The quantitative estimate of drug-likeness (QED) is 0.851. The number of rotatable bonds is 2. The highest BCUT2D eigenvalue weighted by Gasteiger charge is 2.39. The molecular weight excluding hydrogens is 314 g/mol. The minimum Gasteiger partial charge on any atom is -0.304 e. The van der Waals surface area contributed by atoms with Crippen LogP contribution in [0.3, 0.4) is 0 Å². The van der Waals surface area contributed by atoms with Gasteiger partial charge in [-0.3, -0.25) is 4.90 Å². The number of nitrogens with two attached hydrogens (primary N) is 1. The molecule has 1 aromatic rings. The van der Waals surface area contributed by atoms with Crippen LogP contribution in [-0.2, 0) is 10.0 Å². The molecule has 3 heterocycles. The third-order valence-corrected chi connectivity index (χ3v) is 8.05. The third kappa shape index (κ3) is 2.53. The van der Waals surface area contributed by atoms with E-state index in [0.717, 1.165) is 28.5 Å². The first-order chi connectivity index (χ1) is 9.40. The van der Waals surface area contributed by atoms with Gasteiger partial charge in [0.2, 0.25) is 10.0 Å². The van der Waals surface area contributed by atoms with E-state index in [9.17, 15) is 8.42 Å². The second-order valence-electron chi connectivity index (χ2n) is 5.42. The number of primary sulfonamides is 1. The maximum Gasteiger partial charge on any atom is 0.247 e. The monoisotopic (exact) mass is 333 g/mol. The van der Waals surface area contributed by atoms with E-state index in [4.69, 9.17) is 5.14 Å². The molecule has 3 atom stereocenters. The van der Waals surface area contributed by atoms with E-state index in [0.29, 0.717) is 12.1 Å². The summed E-state index contributed by atoms with van der Waals surface area (Å²) in [6, 6.07) is 2.84. The van der Waals surface area contributed by atoms with E-state index >= 15 is 0 Å². The lowest BCUT2D eigenvalue weighted by molar-refractivity contribution is 0.126. The summed E-state index contributed by atoms with van der Waals surface area (Å²) in [5.41, 5.74) is 1.10. The minimum absolute atomic E-state index is 0.210. The van der Waals surface area contributed by atoms with Crippen LogP contribution in [0, 0.1) is 0 Å². The largest absolute Gasteiger partial charge is 0.304 e. The Labute approximate surface area is 128 Å². The number of hydrogen-bond acceptors (Lipinski definition) is 6. The highest BCUT2D eigenvalue weighted by Crippen LogP contribution is 2.45. The molecule has 0 unspecified atom stereocenters. The van der Waals surface area contributed by atoms with Gasteiger partial charge in [-0.05, 0) is 25.1 Å². The summed E-state index contributed by atoms with van der Waals surface area (Å²) < 4.78 is 24.5. The van der Waals surface area contributed by atoms with E-state index < -0.39 is 10.0 Å². The fraction of sp³-hybridized carbons (Fsp3) is 0.667. The van der Waals surface area contributed by atoms with E-state index in [1.807, 2.05) is 0 Å². The summed E-state index contributed by atoms with van der Waals surface area (Å²) in [5, 5.41) is 8.93. The molecule has 1 aromatic heterocycles. The van der Waals surface area contributed by atoms with Crippen LogP contribution in [0.1, 0.15) is 24.9 Å². The molecule has 0 amide bonds. The number of hydrogen-bond donors (Lipinski definition) is 2. The normalized spacial score (nSPS) is 30.9. The zero-order valence-electron chi connectivity index (χ0n) is 11.5. The number of sulfonamides is 1. The van der Waals surface area contributed by atoms with Gasteiger partial charge in [0.15, 0.2) is 0 Å². The maximum absolute atomic E-state index is 11.5. The molecule has 2 aliphatic heterocycles. The second kappa shape index (κ2) is 5.26. The summed E-state index contributed by atoms with van der Waals surface area (Å²) >= 11 is 3.04. The van der Waals surface area contributed by atoms with Crippen LogP contribution in [-0.4, -0.2) is 44.7 Å². The lowest BCUT2D eigenvalue weighted by atomic mass is 9.96. The molecule has 3 rings (SSSR count). The van der Waals surface area contributed by atoms with Crippen molar-refractivity contribution in [2.75, 3.05) is 19.3 Å². The predicted octanol–water partition coefficient (Wildman–Crippen LogP) is 1.22. The van der Waals surface area contributed by atoms with Gasteiger partial charge in [-0.2, -0.15) is 0 Å². The molecule has 5 nitrogen and oxygen atoms in total. The topological polar surface area (TPSA) is 75.4 Å². The third-order valence-electron chi connectivity index (χ3n) is 4.07. The van der Waals surface area contributed by atoms with Crippen LogP contribution < -0.4 is 10.5 Å². The Kier molecular flexibility index (Phi) is 3.89. The Hall–Kier alpha value is -0.120. The number of nitrogens with one attached hydrogen (secondary N) is 1. The fourth-order valence-electron chi connectivity index (χ4n) is 2.92. The summed E-state index contributed by atoms with van der Waals surface area (Å²) in [6.45, 7) is 3.22. The number of thioether (sulfide) groups is 1. The number of fused-ring (bicyclic) bond motifs is 3. The van der Waals surface area contributed by atoms with Gasteiger partial charge in [-0.1, -0.05) is 6.92 Å². The van der Waals surface area contributed by atoms with Gasteiger partial charge in [0.05, 0.1) is 10.3 Å². The Morgan fingerprint density at radius 3 is 2.95 bits per heavy atom. The van der Waals surface area contributed by atoms with Crippen molar-refractivity contribution in [3.8, 4) is 0 Å². The Bertz CT molecular complexity index is 613. The van der Waals surface area contributed by atoms with Gasteiger partial charge in [0.25, 0.3) is 0 Å². The first kappa shape index (κ1) is 14.8. The lowest BCUT2D eigenvalue weighted by Crippen LogP contribution is -2.58. The van der Waals surface area contributed by atoms with Crippen LogP contribution in [0.25, 0.3) is 0 Å². The standard InChI is InChI=1S/C12H19N3O2S3/c1-3-7-5-15(2)9-6-18-12-8(11(9)14-7)4-10(19-12)20(13,16)17/h4,7,9,11,14H,3,5-6H2,1-2H3,(H2,13,16,17)/t7-,9+,11+/m0/s1. The van der Waals surface area contributed by atoms with Gasteiger partial charge in [-0.15, -0.1) is 23.1 Å². The van der Waals surface area contributed by atoms with Gasteiger partial charge in [0.1, 0.15) is 4.21 Å². The van der Waals surface area contributed by atoms with Crippen LogP contribution >= 0.6 is 23.1 Å². The molecule has 0 radical (unpaired) electrons. The average molecular weight is 334 g/mol. The molecule has 2 aliphatic rings. The molecule has 0 bridgehead atoms. The van der Waals surface area contributed by atoms with Crippen LogP contribution in [0.5, 0.6) is 0 Å². The van der Waals surface area contributed by atoms with Crippen LogP contribution in [0.4, 0.5) is 0 Å². The van der Waals surface area contributed by atoms with Crippen molar-refractivity contribution in [3.63, 3.8) is 0 Å². The van der Waals surface area contributed by atoms with Crippen molar-refractivity contribution in [2.45, 2.75) is 39.9 Å². The molecule has 8 heteroatoms. The Morgan fingerprint density at radius 1 is 1.55 bits per heavy atom. The lowest BCUT2D eigenvalue weighted by Gasteiger charge is -2.45. The summed E-state index contributed by atoms with van der Waals surface area (Å²) in [7, 11) is -1.45. The van der Waals surface area contributed by atoms with E-state index in [-0.39, 0.29) is 10.3 Å². The highest BCUT2D eigenvalue weighted by molar-refractivity contribution is 8.01. The summed E-state index contributed by atoms with van der Waals surface area (Å²) in [6.07, 6.45) is 1.07. The number of thiophene rings is 1. The number of nitrogens with zero attached hydrogens (tertiary/aromatic N) is 1. The van der Waals surface area contributed by atoms with Crippen molar-refractivity contribution in [1.29, 1.82) is 0 Å². The molecule has 1 saturated heterocycles. The molecular formula is C12H19N3O2S3. The van der Waals surface area contributed by atoms with Crippen molar-refractivity contribution in [3.05, 3.63) is 11.6 Å². The average Bonchev–Trinajstić information content (AvgIpc) is 2.82. The van der Waals surface area contributed by atoms with Gasteiger partial charge >= 0.3 is 0 Å². The summed E-state index contributed by atoms with van der Waals surface area (Å²) in [4.78, 5) is 2.39. The summed E-state index contributed by atoms with van der Waals surface area (Å²) in [5.74, 6) is 0.988. The van der Waals surface area contributed by atoms with Crippen LogP contribution in [0.15, 0.2) is 14.5 Å². The van der Waals surface area contributed by atoms with Crippen molar-refractivity contribution in [2.24, 2.45) is 5.14 Å². The molecule has 0 spiro atoms. The van der Waals surface area contributed by atoms with Crippen molar-refractivity contribution >= 4 is 33.1 Å². The SMILES string of the molecule is CC[C@H]1CN(C)[C@@H]2CSc3sc(S(N)(=O)=O)cc3[C@H]2N1. The maximum atomic E-state index is 11.5. The van der Waals surface area contributed by atoms with E-state index in [1.165, 1.54) is 11.3 Å². The second-order valence-corrected chi connectivity index (χ2v) is 9.55. The smallest absolute Gasteiger partial charge is 0.247 e. The molecule has 3 N–H and O–H groups in total.